The normalized spacial score (nSPS) is 16.0. The van der Waals surface area contributed by atoms with Crippen LogP contribution in [0.2, 0.25) is 0 Å². The predicted octanol–water partition coefficient (Wildman–Crippen LogP) is -0.806. The van der Waals surface area contributed by atoms with E-state index < -0.39 is 42.8 Å². The number of ketones is 1. The van der Waals surface area contributed by atoms with E-state index in [1.54, 1.807) is 6.92 Å². The van der Waals surface area contributed by atoms with Crippen LogP contribution in [0.25, 0.3) is 0 Å². The molecule has 0 unspecified atom stereocenters. The molecule has 1 aromatic carbocycles. The van der Waals surface area contributed by atoms with E-state index in [1.165, 1.54) is 29.2 Å². The van der Waals surface area contributed by atoms with Crippen molar-refractivity contribution < 1.29 is 29.1 Å². The molecule has 0 bridgehead atoms. The van der Waals surface area contributed by atoms with Crippen LogP contribution in [0.4, 0.5) is 0 Å². The maximum atomic E-state index is 12.7. The molecule has 2 rings (SSSR count). The number of amidine groups is 1. The number of carbonyl (C=O) groups excluding carboxylic acids is 4. The zero-order chi connectivity index (χ0) is 23.1. The number of nitrogens with one attached hydrogen (secondary N) is 2. The van der Waals surface area contributed by atoms with Crippen molar-refractivity contribution in [2.45, 2.75) is 25.8 Å². The Bertz CT molecular complexity index is 898. The molecule has 0 saturated carbocycles. The zero-order valence-electron chi connectivity index (χ0n) is 17.1. The largest absolute Gasteiger partial charge is 0.480 e. The summed E-state index contributed by atoms with van der Waals surface area (Å²) in [6.45, 7) is 0.812. The van der Waals surface area contributed by atoms with E-state index >= 15 is 0 Å². The number of nitrogen functional groups attached to an aromatic ring is 1. The maximum Gasteiger partial charge on any atom is 0.323 e. The highest BCUT2D eigenvalue weighted by atomic mass is 16.4. The van der Waals surface area contributed by atoms with Crippen molar-refractivity contribution in [1.29, 1.82) is 5.41 Å². The van der Waals surface area contributed by atoms with Gasteiger partial charge in [0.15, 0.2) is 0 Å². The Morgan fingerprint density at radius 1 is 1.16 bits per heavy atom. The van der Waals surface area contributed by atoms with Gasteiger partial charge in [-0.25, -0.2) is 0 Å². The van der Waals surface area contributed by atoms with Crippen molar-refractivity contribution in [2.75, 3.05) is 26.2 Å². The number of nitrogens with two attached hydrogens (primary N) is 1. The van der Waals surface area contributed by atoms with E-state index in [0.717, 1.165) is 4.90 Å². The quantitative estimate of drug-likeness (QED) is 0.292. The first-order valence-corrected chi connectivity index (χ1v) is 9.68. The van der Waals surface area contributed by atoms with Crippen molar-refractivity contribution in [3.8, 4) is 0 Å². The van der Waals surface area contributed by atoms with Crippen molar-refractivity contribution in [1.82, 2.24) is 15.1 Å². The first kappa shape index (κ1) is 23.5. The Balaban J connectivity index is 2.06. The van der Waals surface area contributed by atoms with Gasteiger partial charge in [-0.1, -0.05) is 19.1 Å². The topological polar surface area (TPSA) is 174 Å². The summed E-state index contributed by atoms with van der Waals surface area (Å²) in [6, 6.07) is 4.85. The number of nitrogens with zero attached hydrogens (tertiary/aromatic N) is 2. The Hall–Kier alpha value is -3.76. The highest BCUT2D eigenvalue weighted by molar-refractivity contribution is 6.00. The Morgan fingerprint density at radius 3 is 2.32 bits per heavy atom. The summed E-state index contributed by atoms with van der Waals surface area (Å²) in [6.07, 6.45) is -0.0324. The highest BCUT2D eigenvalue weighted by Crippen LogP contribution is 2.16. The van der Waals surface area contributed by atoms with Crippen LogP contribution in [0.3, 0.4) is 0 Å². The Kier molecular flexibility index (Phi) is 7.83. The number of rotatable bonds is 9. The van der Waals surface area contributed by atoms with Crippen LogP contribution >= 0.6 is 0 Å². The fourth-order valence-corrected chi connectivity index (χ4v) is 3.18. The summed E-state index contributed by atoms with van der Waals surface area (Å²) in [7, 11) is 0. The van der Waals surface area contributed by atoms with Gasteiger partial charge in [-0.05, 0) is 12.1 Å². The van der Waals surface area contributed by atoms with Gasteiger partial charge in [-0.3, -0.25) is 29.4 Å². The van der Waals surface area contributed by atoms with Gasteiger partial charge in [-0.15, -0.1) is 0 Å². The number of hydrogen-bond donors (Lipinski definition) is 4. The molecular formula is C20H25N5O6. The second-order valence-corrected chi connectivity index (χ2v) is 7.03. The minimum absolute atomic E-state index is 0.0220. The van der Waals surface area contributed by atoms with Crippen LogP contribution in [0.5, 0.6) is 0 Å². The molecule has 0 aromatic heterocycles. The van der Waals surface area contributed by atoms with Crippen LogP contribution in [0.1, 0.15) is 35.7 Å². The molecule has 0 spiro atoms. The number of benzene rings is 1. The van der Waals surface area contributed by atoms with Crippen LogP contribution < -0.4 is 11.1 Å². The lowest BCUT2D eigenvalue weighted by atomic mass is 10.0. The van der Waals surface area contributed by atoms with E-state index in [1.807, 2.05) is 0 Å². The minimum atomic E-state index is -1.18. The van der Waals surface area contributed by atoms with Gasteiger partial charge in [0.05, 0.1) is 6.54 Å². The molecule has 1 heterocycles. The number of carboxylic acid groups (broad SMARTS) is 1. The van der Waals surface area contributed by atoms with E-state index in [0.29, 0.717) is 5.56 Å². The molecule has 11 heteroatoms. The monoisotopic (exact) mass is 431 g/mol. The van der Waals surface area contributed by atoms with Crippen LogP contribution in [0, 0.1) is 5.41 Å². The third-order valence-electron chi connectivity index (χ3n) is 4.90. The molecule has 1 aliphatic heterocycles. The molecule has 1 atom stereocenters. The molecule has 3 amide bonds. The summed E-state index contributed by atoms with van der Waals surface area (Å²) < 4.78 is 0. The van der Waals surface area contributed by atoms with E-state index in [4.69, 9.17) is 16.2 Å². The van der Waals surface area contributed by atoms with Gasteiger partial charge in [-0.2, -0.15) is 0 Å². The molecule has 1 fully saturated rings. The van der Waals surface area contributed by atoms with Gasteiger partial charge in [0.1, 0.15) is 24.2 Å². The molecule has 1 aromatic rings. The lowest BCUT2D eigenvalue weighted by Crippen LogP contribution is -2.61. The lowest BCUT2D eigenvalue weighted by Gasteiger charge is -2.40. The van der Waals surface area contributed by atoms with Crippen molar-refractivity contribution in [3.05, 3.63) is 35.4 Å². The first-order valence-electron chi connectivity index (χ1n) is 9.68. The van der Waals surface area contributed by atoms with E-state index in [9.17, 15) is 24.0 Å². The average Bonchev–Trinajstić information content (AvgIpc) is 2.74. The van der Waals surface area contributed by atoms with Gasteiger partial charge in [0, 0.05) is 37.1 Å². The van der Waals surface area contributed by atoms with Crippen molar-refractivity contribution >= 4 is 35.3 Å². The maximum absolute atomic E-state index is 12.7. The summed E-state index contributed by atoms with van der Waals surface area (Å²) in [5.74, 6) is -3.23. The lowest BCUT2D eigenvalue weighted by molar-refractivity contribution is -0.156. The third-order valence-corrected chi connectivity index (χ3v) is 4.90. The SMILES string of the molecule is CCC(=O)C[C@H]1C(=O)N(CC(=O)O)CCN1C(=O)CNC(=O)c1ccc(C(=N)N)cc1. The fourth-order valence-electron chi connectivity index (χ4n) is 3.18. The average molecular weight is 431 g/mol. The molecule has 5 N–H and O–H groups in total. The van der Waals surface area contributed by atoms with Gasteiger partial charge < -0.3 is 26.0 Å². The second-order valence-electron chi connectivity index (χ2n) is 7.03. The van der Waals surface area contributed by atoms with Gasteiger partial charge in [0.25, 0.3) is 5.91 Å². The van der Waals surface area contributed by atoms with Gasteiger partial charge >= 0.3 is 5.97 Å². The number of amides is 3. The van der Waals surface area contributed by atoms with Crippen LogP contribution in [-0.4, -0.2) is 82.4 Å². The molecule has 166 valence electrons. The summed E-state index contributed by atoms with van der Waals surface area (Å²) in [5, 5.41) is 18.8. The molecule has 11 nitrogen and oxygen atoms in total. The van der Waals surface area contributed by atoms with Crippen molar-refractivity contribution in [2.24, 2.45) is 5.73 Å². The van der Waals surface area contributed by atoms with E-state index in [-0.39, 0.29) is 43.1 Å². The molecule has 0 aliphatic carbocycles. The number of hydrogen-bond acceptors (Lipinski definition) is 6. The first-order chi connectivity index (χ1) is 14.6. The highest BCUT2D eigenvalue weighted by Gasteiger charge is 2.38. The molecule has 31 heavy (non-hydrogen) atoms. The minimum Gasteiger partial charge on any atom is -0.480 e. The Labute approximate surface area is 178 Å². The van der Waals surface area contributed by atoms with Gasteiger partial charge in [0.2, 0.25) is 11.8 Å². The summed E-state index contributed by atoms with van der Waals surface area (Å²) >= 11 is 0. The third kappa shape index (κ3) is 6.11. The van der Waals surface area contributed by atoms with Crippen LogP contribution in [-0.2, 0) is 19.2 Å². The van der Waals surface area contributed by atoms with E-state index in [2.05, 4.69) is 5.32 Å². The smallest absolute Gasteiger partial charge is 0.323 e. The fraction of sp³-hybridized carbons (Fsp3) is 0.400. The summed E-state index contributed by atoms with van der Waals surface area (Å²) in [5.41, 5.74) is 6.09. The molecular weight excluding hydrogens is 406 g/mol. The van der Waals surface area contributed by atoms with Crippen molar-refractivity contribution in [3.63, 3.8) is 0 Å². The zero-order valence-corrected chi connectivity index (χ0v) is 17.1. The van der Waals surface area contributed by atoms with Crippen LogP contribution in [0.15, 0.2) is 24.3 Å². The Morgan fingerprint density at radius 2 is 1.77 bits per heavy atom. The molecule has 0 radical (unpaired) electrons. The second kappa shape index (κ2) is 10.3. The standard InChI is InChI=1S/C20H25N5O6/c1-2-14(26)9-15-20(31)24(11-17(28)29)7-8-25(15)16(27)10-23-19(30)13-5-3-12(4-6-13)18(21)22/h3-6,15H,2,7-11H2,1H3,(H3,21,22)(H,23,30)(H,28,29)/t15-/m0/s1. The number of carbonyl (C=O) groups is 5. The molecule has 1 saturated heterocycles. The number of aliphatic carboxylic acids is 1. The number of piperazine rings is 1. The number of Topliss-reactive ketones (excluding diaryl/α,β-unsaturated/α-hetero) is 1. The molecule has 1 aliphatic rings. The summed E-state index contributed by atoms with van der Waals surface area (Å²) in [4.78, 5) is 62.9. The number of carboxylic acids is 1. The predicted molar refractivity (Wildman–Crippen MR) is 109 cm³/mol.